The largest absolute Gasteiger partial charge is 0.279 e. The maximum absolute atomic E-state index is 12.3. The van der Waals surface area contributed by atoms with Crippen LogP contribution in [0.4, 0.5) is 0 Å². The second-order valence-corrected chi connectivity index (χ2v) is 5.31. The number of aromatic nitrogens is 4. The second-order valence-electron chi connectivity index (χ2n) is 4.32. The van der Waals surface area contributed by atoms with E-state index in [1.165, 1.54) is 4.80 Å². The normalized spacial score (nSPS) is 10.5. The molecule has 0 spiro atoms. The van der Waals surface area contributed by atoms with Crippen LogP contribution in [-0.2, 0) is 0 Å². The first-order chi connectivity index (χ1) is 10.2. The molecule has 0 bridgehead atoms. The van der Waals surface area contributed by atoms with Gasteiger partial charge in [-0.1, -0.05) is 24.3 Å². The van der Waals surface area contributed by atoms with Crippen molar-refractivity contribution >= 4 is 16.9 Å². The molecule has 0 radical (unpaired) electrons. The van der Waals surface area contributed by atoms with Crippen LogP contribution in [0.5, 0.6) is 0 Å². The van der Waals surface area contributed by atoms with Gasteiger partial charge in [0.15, 0.2) is 5.69 Å². The van der Waals surface area contributed by atoms with E-state index in [1.54, 1.807) is 19.2 Å². The van der Waals surface area contributed by atoms with Gasteiger partial charge in [0.2, 0.25) is 5.12 Å². The van der Waals surface area contributed by atoms with Crippen LogP contribution in [0.1, 0.15) is 16.2 Å². The smallest absolute Gasteiger partial charge is 0.247 e. The number of hydrogen-bond acceptors (Lipinski definition) is 5. The van der Waals surface area contributed by atoms with Crippen molar-refractivity contribution in [2.24, 2.45) is 0 Å². The quantitative estimate of drug-likeness (QED) is 0.695. The van der Waals surface area contributed by atoms with Gasteiger partial charge in [0, 0.05) is 6.20 Å². The van der Waals surface area contributed by atoms with Gasteiger partial charge in [0.1, 0.15) is 5.03 Å². The molecule has 0 saturated heterocycles. The Morgan fingerprint density at radius 3 is 2.52 bits per heavy atom. The van der Waals surface area contributed by atoms with E-state index in [2.05, 4.69) is 15.2 Å². The molecule has 2 heterocycles. The van der Waals surface area contributed by atoms with E-state index < -0.39 is 0 Å². The fourth-order valence-electron chi connectivity index (χ4n) is 1.79. The number of benzene rings is 1. The number of nitrogens with zero attached hydrogens (tertiary/aromatic N) is 4. The minimum atomic E-state index is -0.159. The van der Waals surface area contributed by atoms with Crippen molar-refractivity contribution in [1.29, 1.82) is 0 Å². The molecule has 0 aliphatic rings. The second kappa shape index (κ2) is 5.88. The monoisotopic (exact) mass is 296 g/mol. The van der Waals surface area contributed by atoms with E-state index in [-0.39, 0.29) is 5.12 Å². The number of rotatable bonds is 3. The molecule has 0 saturated carbocycles. The van der Waals surface area contributed by atoms with Gasteiger partial charge in [-0.3, -0.25) is 4.79 Å². The highest BCUT2D eigenvalue weighted by atomic mass is 32.2. The van der Waals surface area contributed by atoms with Crippen LogP contribution in [-0.4, -0.2) is 25.1 Å². The number of aryl methyl sites for hydroxylation is 1. The molecule has 0 N–H and O–H groups in total. The summed E-state index contributed by atoms with van der Waals surface area (Å²) in [5.41, 5.74) is 1.78. The van der Waals surface area contributed by atoms with E-state index in [9.17, 15) is 4.79 Å². The maximum Gasteiger partial charge on any atom is 0.247 e. The molecule has 0 aliphatic heterocycles. The molecule has 0 atom stereocenters. The van der Waals surface area contributed by atoms with Crippen LogP contribution in [0.2, 0.25) is 0 Å². The van der Waals surface area contributed by atoms with Gasteiger partial charge in [0.05, 0.1) is 11.4 Å². The predicted octanol–water partition coefficient (Wildman–Crippen LogP) is 2.90. The maximum atomic E-state index is 12.3. The minimum absolute atomic E-state index is 0.159. The van der Waals surface area contributed by atoms with Crippen molar-refractivity contribution in [2.45, 2.75) is 11.9 Å². The molecule has 3 aromatic rings. The molecule has 3 rings (SSSR count). The molecule has 6 heteroatoms. The molecule has 21 heavy (non-hydrogen) atoms. The van der Waals surface area contributed by atoms with Gasteiger partial charge < -0.3 is 0 Å². The number of para-hydroxylation sites is 1. The van der Waals surface area contributed by atoms with Crippen molar-refractivity contribution in [3.8, 4) is 5.69 Å². The Morgan fingerprint density at radius 1 is 1.05 bits per heavy atom. The summed E-state index contributed by atoms with van der Waals surface area (Å²) in [6.07, 6.45) is 1.66. The Hall–Kier alpha value is -2.47. The Kier molecular flexibility index (Phi) is 3.79. The third kappa shape index (κ3) is 3.00. The van der Waals surface area contributed by atoms with Crippen molar-refractivity contribution < 1.29 is 4.79 Å². The van der Waals surface area contributed by atoms with Crippen LogP contribution in [0.3, 0.4) is 0 Å². The topological polar surface area (TPSA) is 60.7 Å². The van der Waals surface area contributed by atoms with Gasteiger partial charge >= 0.3 is 0 Å². The summed E-state index contributed by atoms with van der Waals surface area (Å²) >= 11 is 1.05. The highest BCUT2D eigenvalue weighted by molar-refractivity contribution is 8.14. The molecule has 0 aliphatic carbocycles. The number of carbonyl (C=O) groups is 1. The van der Waals surface area contributed by atoms with E-state index >= 15 is 0 Å². The van der Waals surface area contributed by atoms with Crippen LogP contribution in [0, 0.1) is 6.92 Å². The standard InChI is InChI=1S/C15H12N4OS/c1-11-14(15(20)21-13-9-5-6-10-16-13)18-19(17-11)12-7-3-2-4-8-12/h2-10H,1H3. The zero-order valence-corrected chi connectivity index (χ0v) is 12.1. The Morgan fingerprint density at radius 2 is 1.81 bits per heavy atom. The third-order valence-electron chi connectivity index (χ3n) is 2.80. The summed E-state index contributed by atoms with van der Waals surface area (Å²) in [6.45, 7) is 1.78. The van der Waals surface area contributed by atoms with Crippen molar-refractivity contribution in [2.75, 3.05) is 0 Å². The minimum Gasteiger partial charge on any atom is -0.279 e. The van der Waals surface area contributed by atoms with Crippen LogP contribution < -0.4 is 0 Å². The number of pyridine rings is 1. The first-order valence-corrected chi connectivity index (χ1v) is 7.18. The molecule has 0 unspecified atom stereocenters. The Bertz CT molecular complexity index is 756. The van der Waals surface area contributed by atoms with E-state index in [1.807, 2.05) is 42.5 Å². The summed E-state index contributed by atoms with van der Waals surface area (Å²) in [4.78, 5) is 17.9. The summed E-state index contributed by atoms with van der Waals surface area (Å²) < 4.78 is 0. The summed E-state index contributed by atoms with van der Waals surface area (Å²) in [5.74, 6) is 0. The molecule has 2 aromatic heterocycles. The SMILES string of the molecule is Cc1nn(-c2ccccc2)nc1C(=O)Sc1ccccn1. The number of hydrogen-bond donors (Lipinski definition) is 0. The molecule has 104 valence electrons. The highest BCUT2D eigenvalue weighted by Crippen LogP contribution is 2.21. The van der Waals surface area contributed by atoms with Gasteiger partial charge in [-0.15, -0.1) is 5.10 Å². The van der Waals surface area contributed by atoms with E-state index in [0.717, 1.165) is 17.4 Å². The lowest BCUT2D eigenvalue weighted by Crippen LogP contribution is -2.01. The fourth-order valence-corrected chi connectivity index (χ4v) is 2.53. The molecular formula is C15H12N4OS. The number of thioether (sulfide) groups is 1. The number of carbonyl (C=O) groups excluding carboxylic acids is 1. The molecule has 0 amide bonds. The van der Waals surface area contributed by atoms with E-state index in [4.69, 9.17) is 0 Å². The van der Waals surface area contributed by atoms with Gasteiger partial charge in [-0.25, -0.2) is 4.98 Å². The average Bonchev–Trinajstić information content (AvgIpc) is 2.91. The fraction of sp³-hybridized carbons (Fsp3) is 0.0667. The zero-order chi connectivity index (χ0) is 14.7. The van der Waals surface area contributed by atoms with Crippen molar-refractivity contribution in [1.82, 2.24) is 20.0 Å². The Labute approximate surface area is 126 Å². The molecule has 5 nitrogen and oxygen atoms in total. The van der Waals surface area contributed by atoms with Gasteiger partial charge in [-0.05, 0) is 43.0 Å². The van der Waals surface area contributed by atoms with Gasteiger partial charge in [-0.2, -0.15) is 9.90 Å². The van der Waals surface area contributed by atoms with Crippen LogP contribution in [0.25, 0.3) is 5.69 Å². The summed E-state index contributed by atoms with van der Waals surface area (Å²) in [6, 6.07) is 14.9. The van der Waals surface area contributed by atoms with Crippen molar-refractivity contribution in [3.63, 3.8) is 0 Å². The zero-order valence-electron chi connectivity index (χ0n) is 11.3. The lowest BCUT2D eigenvalue weighted by molar-refractivity contribution is 0.108. The summed E-state index contributed by atoms with van der Waals surface area (Å²) in [5, 5.41) is 9.07. The molecular weight excluding hydrogens is 284 g/mol. The van der Waals surface area contributed by atoms with Crippen LogP contribution in [0.15, 0.2) is 59.8 Å². The van der Waals surface area contributed by atoms with Crippen LogP contribution >= 0.6 is 11.8 Å². The molecule has 0 fully saturated rings. The first-order valence-electron chi connectivity index (χ1n) is 6.36. The van der Waals surface area contributed by atoms with E-state index in [0.29, 0.717) is 16.4 Å². The average molecular weight is 296 g/mol. The van der Waals surface area contributed by atoms with Gasteiger partial charge in [0.25, 0.3) is 0 Å². The lowest BCUT2D eigenvalue weighted by Gasteiger charge is -1.98. The summed E-state index contributed by atoms with van der Waals surface area (Å²) in [7, 11) is 0. The molecule has 1 aromatic carbocycles. The highest BCUT2D eigenvalue weighted by Gasteiger charge is 2.18. The third-order valence-corrected chi connectivity index (χ3v) is 3.63. The predicted molar refractivity (Wildman–Crippen MR) is 80.5 cm³/mol. The Balaban J connectivity index is 1.86. The first kappa shape index (κ1) is 13.5. The van der Waals surface area contributed by atoms with Crippen molar-refractivity contribution in [3.05, 3.63) is 66.1 Å². The lowest BCUT2D eigenvalue weighted by atomic mass is 10.3.